The van der Waals surface area contributed by atoms with E-state index in [9.17, 15) is 9.59 Å². The van der Waals surface area contributed by atoms with Crippen molar-refractivity contribution in [1.29, 1.82) is 0 Å². The van der Waals surface area contributed by atoms with Gasteiger partial charge in [-0.3, -0.25) is 9.59 Å². The maximum absolute atomic E-state index is 11.9. The minimum atomic E-state index is -0.343. The molecule has 1 aromatic carbocycles. The van der Waals surface area contributed by atoms with Gasteiger partial charge in [0.1, 0.15) is 17.3 Å². The lowest BCUT2D eigenvalue weighted by Gasteiger charge is -2.12. The monoisotopic (exact) mass is 346 g/mol. The molecule has 0 aromatic heterocycles. The fraction of sp³-hybridized carbons (Fsp3) is 0.636. The third kappa shape index (κ3) is 8.33. The molecule has 1 aromatic rings. The third-order valence-electron chi connectivity index (χ3n) is 4.84. The normalized spacial score (nSPS) is 10.9. The molecule has 1 rings (SSSR count). The summed E-state index contributed by atoms with van der Waals surface area (Å²) in [5.74, 6) is 0.799. The van der Waals surface area contributed by atoms with Crippen LogP contribution < -0.4 is 4.74 Å². The van der Waals surface area contributed by atoms with Crippen molar-refractivity contribution in [3.63, 3.8) is 0 Å². The Hall–Kier alpha value is -1.64. The van der Waals surface area contributed by atoms with E-state index >= 15 is 0 Å². The van der Waals surface area contributed by atoms with Crippen molar-refractivity contribution in [1.82, 2.24) is 0 Å². The first kappa shape index (κ1) is 21.4. The van der Waals surface area contributed by atoms with Gasteiger partial charge in [0.15, 0.2) is 0 Å². The Bertz CT molecular complexity index is 489. The summed E-state index contributed by atoms with van der Waals surface area (Å²) in [6, 6.07) is 8.30. The molecule has 0 saturated heterocycles. The maximum atomic E-state index is 11.9. The second kappa shape index (κ2) is 12.7. The Morgan fingerprint density at radius 1 is 0.840 bits per heavy atom. The van der Waals surface area contributed by atoms with Crippen LogP contribution in [-0.2, 0) is 16.0 Å². The fourth-order valence-corrected chi connectivity index (χ4v) is 3.17. The molecule has 0 N–H and O–H groups in total. The van der Waals surface area contributed by atoms with E-state index in [1.54, 1.807) is 7.11 Å². The zero-order valence-corrected chi connectivity index (χ0v) is 16.2. The van der Waals surface area contributed by atoms with Crippen LogP contribution in [0.3, 0.4) is 0 Å². The van der Waals surface area contributed by atoms with E-state index in [4.69, 9.17) is 4.74 Å². The number of carbonyl (C=O) groups excluding carboxylic acids is 2. The summed E-state index contributed by atoms with van der Waals surface area (Å²) in [6.07, 6.45) is 9.76. The van der Waals surface area contributed by atoms with Crippen LogP contribution in [0.4, 0.5) is 0 Å². The van der Waals surface area contributed by atoms with Gasteiger partial charge in [0.25, 0.3) is 0 Å². The van der Waals surface area contributed by atoms with E-state index in [1.807, 2.05) is 26.0 Å². The zero-order valence-electron chi connectivity index (χ0n) is 16.2. The van der Waals surface area contributed by atoms with Gasteiger partial charge in [-0.2, -0.15) is 0 Å². The van der Waals surface area contributed by atoms with Crippen molar-refractivity contribution in [2.45, 2.75) is 78.1 Å². The van der Waals surface area contributed by atoms with E-state index in [1.165, 1.54) is 31.2 Å². The van der Waals surface area contributed by atoms with Crippen LogP contribution in [0, 0.1) is 5.92 Å². The summed E-state index contributed by atoms with van der Waals surface area (Å²) in [6.45, 7) is 3.70. The molecule has 0 bridgehead atoms. The summed E-state index contributed by atoms with van der Waals surface area (Å²) in [7, 11) is 1.69. The molecular formula is C22H34O3. The fourth-order valence-electron chi connectivity index (χ4n) is 3.17. The first-order valence-electron chi connectivity index (χ1n) is 9.80. The van der Waals surface area contributed by atoms with Crippen LogP contribution in [0.15, 0.2) is 24.3 Å². The second-order valence-corrected chi connectivity index (χ2v) is 6.70. The molecule has 0 radical (unpaired) electrons. The topological polar surface area (TPSA) is 43.4 Å². The number of ketones is 2. The van der Waals surface area contributed by atoms with Gasteiger partial charge in [-0.15, -0.1) is 0 Å². The third-order valence-corrected chi connectivity index (χ3v) is 4.84. The highest BCUT2D eigenvalue weighted by Gasteiger charge is 2.22. The van der Waals surface area contributed by atoms with Crippen molar-refractivity contribution in [3.8, 4) is 5.75 Å². The Kier molecular flexibility index (Phi) is 10.9. The summed E-state index contributed by atoms with van der Waals surface area (Å²) in [5.41, 5.74) is 1.36. The van der Waals surface area contributed by atoms with Gasteiger partial charge in [0, 0.05) is 12.8 Å². The summed E-state index contributed by atoms with van der Waals surface area (Å²) < 4.78 is 5.17. The van der Waals surface area contributed by atoms with Crippen molar-refractivity contribution in [3.05, 3.63) is 29.8 Å². The Labute approximate surface area is 153 Å². The average molecular weight is 347 g/mol. The number of benzene rings is 1. The highest BCUT2D eigenvalue weighted by atomic mass is 16.5. The highest BCUT2D eigenvalue weighted by Crippen LogP contribution is 2.18. The Morgan fingerprint density at radius 2 is 1.36 bits per heavy atom. The van der Waals surface area contributed by atoms with Crippen LogP contribution in [0.25, 0.3) is 0 Å². The molecule has 0 saturated carbocycles. The SMILES string of the molecule is CCC(=O)C(CCCCCCCCc1ccc(OC)cc1)C(=O)CC. The first-order chi connectivity index (χ1) is 12.1. The molecule has 140 valence electrons. The number of aryl methyl sites for hydroxylation is 1. The van der Waals surface area contributed by atoms with Crippen LogP contribution >= 0.6 is 0 Å². The summed E-state index contributed by atoms with van der Waals surface area (Å²) in [5, 5.41) is 0. The van der Waals surface area contributed by atoms with Crippen molar-refractivity contribution < 1.29 is 14.3 Å². The maximum Gasteiger partial charge on any atom is 0.143 e. The second-order valence-electron chi connectivity index (χ2n) is 6.70. The molecule has 0 aliphatic heterocycles. The van der Waals surface area contributed by atoms with E-state index in [0.29, 0.717) is 12.8 Å². The van der Waals surface area contributed by atoms with Gasteiger partial charge in [-0.25, -0.2) is 0 Å². The molecule has 0 heterocycles. The number of rotatable bonds is 14. The van der Waals surface area contributed by atoms with Crippen LogP contribution in [-0.4, -0.2) is 18.7 Å². The Balaban J connectivity index is 2.10. The molecule has 3 nitrogen and oxygen atoms in total. The van der Waals surface area contributed by atoms with E-state index in [2.05, 4.69) is 12.1 Å². The summed E-state index contributed by atoms with van der Waals surface area (Å²) >= 11 is 0. The molecule has 0 aliphatic rings. The van der Waals surface area contributed by atoms with Crippen LogP contribution in [0.2, 0.25) is 0 Å². The number of ether oxygens (including phenoxy) is 1. The van der Waals surface area contributed by atoms with Crippen LogP contribution in [0.1, 0.15) is 77.2 Å². The number of methoxy groups -OCH3 is 1. The minimum Gasteiger partial charge on any atom is -0.497 e. The van der Waals surface area contributed by atoms with Gasteiger partial charge >= 0.3 is 0 Å². The quantitative estimate of drug-likeness (QED) is 0.328. The predicted molar refractivity (Wildman–Crippen MR) is 103 cm³/mol. The smallest absolute Gasteiger partial charge is 0.143 e. The standard InChI is InChI=1S/C22H34O3/c1-4-21(23)20(22(24)5-2)13-11-9-7-6-8-10-12-18-14-16-19(25-3)17-15-18/h14-17,20H,4-13H2,1-3H3. The van der Waals surface area contributed by atoms with Gasteiger partial charge in [0.2, 0.25) is 0 Å². The highest BCUT2D eigenvalue weighted by molar-refractivity contribution is 6.02. The summed E-state index contributed by atoms with van der Waals surface area (Å²) in [4.78, 5) is 23.7. The molecule has 0 spiro atoms. The number of hydrogen-bond donors (Lipinski definition) is 0. The van der Waals surface area contributed by atoms with Gasteiger partial charge in [-0.05, 0) is 37.0 Å². The van der Waals surface area contributed by atoms with Crippen LogP contribution in [0.5, 0.6) is 5.75 Å². The minimum absolute atomic E-state index is 0.117. The van der Waals surface area contributed by atoms with E-state index < -0.39 is 0 Å². The average Bonchev–Trinajstić information content (AvgIpc) is 2.66. The number of hydrogen-bond acceptors (Lipinski definition) is 3. The lowest BCUT2D eigenvalue weighted by molar-refractivity contribution is -0.132. The molecule has 0 atom stereocenters. The molecule has 0 unspecified atom stereocenters. The Morgan fingerprint density at radius 3 is 1.88 bits per heavy atom. The molecule has 3 heteroatoms. The largest absolute Gasteiger partial charge is 0.497 e. The van der Waals surface area contributed by atoms with Gasteiger partial charge < -0.3 is 4.74 Å². The van der Waals surface area contributed by atoms with Crippen molar-refractivity contribution >= 4 is 11.6 Å². The molecule has 0 amide bonds. The van der Waals surface area contributed by atoms with Crippen molar-refractivity contribution in [2.24, 2.45) is 5.92 Å². The molecule has 0 aliphatic carbocycles. The van der Waals surface area contributed by atoms with Gasteiger partial charge in [-0.1, -0.05) is 58.1 Å². The predicted octanol–water partition coefficient (Wildman–Crippen LogP) is 5.54. The number of Topliss-reactive ketones (excluding diaryl/α,β-unsaturated/α-hetero) is 2. The van der Waals surface area contributed by atoms with Crippen molar-refractivity contribution in [2.75, 3.05) is 7.11 Å². The number of unbranched alkanes of at least 4 members (excludes halogenated alkanes) is 5. The van der Waals surface area contributed by atoms with Gasteiger partial charge in [0.05, 0.1) is 13.0 Å². The number of carbonyl (C=O) groups is 2. The lowest BCUT2D eigenvalue weighted by Crippen LogP contribution is -2.22. The molecular weight excluding hydrogens is 312 g/mol. The lowest BCUT2D eigenvalue weighted by atomic mass is 9.90. The van der Waals surface area contributed by atoms with E-state index in [-0.39, 0.29) is 17.5 Å². The zero-order chi connectivity index (χ0) is 18.5. The molecule has 0 fully saturated rings. The van der Waals surface area contributed by atoms with E-state index in [0.717, 1.165) is 31.4 Å². The first-order valence-corrected chi connectivity index (χ1v) is 9.80. The molecule has 25 heavy (non-hydrogen) atoms.